The Morgan fingerprint density at radius 2 is 2.08 bits per heavy atom. The number of carbonyl (C=O) groups is 2. The van der Waals surface area contributed by atoms with Crippen LogP contribution in [0, 0.1) is 6.92 Å². The lowest BCUT2D eigenvalue weighted by Gasteiger charge is -2.09. The molecule has 0 unspecified atom stereocenters. The van der Waals surface area contributed by atoms with E-state index in [1.54, 1.807) is 31.2 Å². The molecule has 0 saturated heterocycles. The first-order valence-electron chi connectivity index (χ1n) is 7.90. The van der Waals surface area contributed by atoms with Crippen molar-refractivity contribution in [2.45, 2.75) is 31.9 Å². The number of nitrogens with two attached hydrogens (primary N) is 1. The fourth-order valence-corrected chi connectivity index (χ4v) is 3.81. The van der Waals surface area contributed by atoms with Gasteiger partial charge in [-0.2, -0.15) is 0 Å². The summed E-state index contributed by atoms with van der Waals surface area (Å²) in [4.78, 5) is 27.7. The topological polar surface area (TPSA) is 122 Å². The lowest BCUT2D eigenvalue weighted by atomic mass is 9.94. The van der Waals surface area contributed by atoms with Crippen LogP contribution in [0.5, 0.6) is 0 Å². The van der Waals surface area contributed by atoms with Crippen LogP contribution < -0.4 is 10.5 Å². The Kier molecular flexibility index (Phi) is 4.49. The highest BCUT2D eigenvalue weighted by Crippen LogP contribution is 2.27. The van der Waals surface area contributed by atoms with Crippen molar-refractivity contribution in [3.05, 3.63) is 52.3 Å². The van der Waals surface area contributed by atoms with E-state index in [-0.39, 0.29) is 17.4 Å². The SMILES string of the molecule is Cc1c(C(=O)Nc2cccc(CS(N)(=O)=O)c2)[nH]c2c1C(=O)CCC2. The van der Waals surface area contributed by atoms with Crippen LogP contribution in [0.25, 0.3) is 0 Å². The molecule has 2 aromatic rings. The summed E-state index contributed by atoms with van der Waals surface area (Å²) in [6.45, 7) is 1.75. The Balaban J connectivity index is 1.84. The molecule has 132 valence electrons. The molecule has 25 heavy (non-hydrogen) atoms. The Bertz CT molecular complexity index is 960. The van der Waals surface area contributed by atoms with E-state index in [9.17, 15) is 18.0 Å². The number of carbonyl (C=O) groups excluding carboxylic acids is 2. The molecule has 1 amide bonds. The number of amides is 1. The molecule has 1 aromatic carbocycles. The minimum Gasteiger partial charge on any atom is -0.354 e. The number of hydrogen-bond acceptors (Lipinski definition) is 4. The molecule has 1 heterocycles. The number of aromatic amines is 1. The second-order valence-electron chi connectivity index (χ2n) is 6.22. The van der Waals surface area contributed by atoms with Crippen LogP contribution in [0.15, 0.2) is 24.3 Å². The van der Waals surface area contributed by atoms with Gasteiger partial charge in [0, 0.05) is 23.4 Å². The summed E-state index contributed by atoms with van der Waals surface area (Å²) in [5, 5.41) is 7.78. The van der Waals surface area contributed by atoms with Crippen LogP contribution in [0.4, 0.5) is 5.69 Å². The number of sulfonamides is 1. The van der Waals surface area contributed by atoms with Crippen molar-refractivity contribution in [1.29, 1.82) is 0 Å². The number of nitrogens with one attached hydrogen (secondary N) is 2. The van der Waals surface area contributed by atoms with E-state index < -0.39 is 10.0 Å². The van der Waals surface area contributed by atoms with Gasteiger partial charge < -0.3 is 10.3 Å². The molecule has 3 rings (SSSR count). The largest absolute Gasteiger partial charge is 0.354 e. The predicted octanol–water partition coefficient (Wildman–Crippen LogP) is 1.88. The number of aromatic nitrogens is 1. The average molecular weight is 361 g/mol. The maximum Gasteiger partial charge on any atom is 0.272 e. The zero-order chi connectivity index (χ0) is 18.2. The molecule has 0 saturated carbocycles. The molecule has 8 heteroatoms. The van der Waals surface area contributed by atoms with Gasteiger partial charge in [-0.3, -0.25) is 9.59 Å². The Labute approximate surface area is 145 Å². The zero-order valence-electron chi connectivity index (χ0n) is 13.8. The number of benzene rings is 1. The summed E-state index contributed by atoms with van der Waals surface area (Å²) in [6, 6.07) is 6.49. The highest BCUT2D eigenvalue weighted by Gasteiger charge is 2.26. The minimum atomic E-state index is -3.65. The smallest absolute Gasteiger partial charge is 0.272 e. The summed E-state index contributed by atoms with van der Waals surface area (Å²) >= 11 is 0. The van der Waals surface area contributed by atoms with Gasteiger partial charge in [-0.15, -0.1) is 0 Å². The van der Waals surface area contributed by atoms with E-state index in [0.717, 1.165) is 18.5 Å². The molecule has 1 aliphatic rings. The third kappa shape index (κ3) is 3.80. The number of H-pyrrole nitrogens is 1. The third-order valence-corrected chi connectivity index (χ3v) is 4.95. The van der Waals surface area contributed by atoms with Gasteiger partial charge in [-0.25, -0.2) is 13.6 Å². The number of hydrogen-bond donors (Lipinski definition) is 3. The zero-order valence-corrected chi connectivity index (χ0v) is 14.6. The van der Waals surface area contributed by atoms with Gasteiger partial charge in [-0.1, -0.05) is 12.1 Å². The van der Waals surface area contributed by atoms with Crippen LogP contribution in [0.2, 0.25) is 0 Å². The van der Waals surface area contributed by atoms with Crippen molar-refractivity contribution in [2.75, 3.05) is 5.32 Å². The van der Waals surface area contributed by atoms with Crippen molar-refractivity contribution in [3.63, 3.8) is 0 Å². The van der Waals surface area contributed by atoms with E-state index in [0.29, 0.717) is 34.5 Å². The van der Waals surface area contributed by atoms with Gasteiger partial charge >= 0.3 is 0 Å². The van der Waals surface area contributed by atoms with E-state index >= 15 is 0 Å². The van der Waals surface area contributed by atoms with Crippen molar-refractivity contribution in [2.24, 2.45) is 5.14 Å². The van der Waals surface area contributed by atoms with Gasteiger partial charge in [0.25, 0.3) is 5.91 Å². The summed E-state index contributed by atoms with van der Waals surface area (Å²) < 4.78 is 22.4. The van der Waals surface area contributed by atoms with Gasteiger partial charge in [-0.05, 0) is 43.0 Å². The molecule has 0 bridgehead atoms. The number of Topliss-reactive ketones (excluding diaryl/α,β-unsaturated/α-hetero) is 1. The van der Waals surface area contributed by atoms with Crippen molar-refractivity contribution in [3.8, 4) is 0 Å². The van der Waals surface area contributed by atoms with Crippen LogP contribution in [0.3, 0.4) is 0 Å². The van der Waals surface area contributed by atoms with E-state index in [4.69, 9.17) is 5.14 Å². The Morgan fingerprint density at radius 1 is 1.32 bits per heavy atom. The first kappa shape index (κ1) is 17.4. The first-order chi connectivity index (χ1) is 11.7. The van der Waals surface area contributed by atoms with Gasteiger partial charge in [0.2, 0.25) is 10.0 Å². The van der Waals surface area contributed by atoms with Gasteiger partial charge in [0.15, 0.2) is 5.78 Å². The standard InChI is InChI=1S/C17H19N3O4S/c1-10-15-13(6-3-7-14(15)21)20-16(10)17(22)19-12-5-2-4-11(8-12)9-25(18,23)24/h2,4-5,8,20H,3,6-7,9H2,1H3,(H,19,22)(H2,18,23,24). The fourth-order valence-electron chi connectivity index (χ4n) is 3.17. The molecule has 0 aliphatic heterocycles. The van der Waals surface area contributed by atoms with Crippen molar-refractivity contribution >= 4 is 27.4 Å². The Hall–Kier alpha value is -2.45. The van der Waals surface area contributed by atoms with E-state index in [2.05, 4.69) is 10.3 Å². The number of aryl methyl sites for hydroxylation is 1. The summed E-state index contributed by atoms with van der Waals surface area (Å²) in [6.07, 6.45) is 2.03. The molecular formula is C17H19N3O4S. The van der Waals surface area contributed by atoms with Gasteiger partial charge in [0.1, 0.15) is 5.69 Å². The molecule has 0 radical (unpaired) electrons. The fraction of sp³-hybridized carbons (Fsp3) is 0.294. The lowest BCUT2D eigenvalue weighted by Crippen LogP contribution is -2.16. The Morgan fingerprint density at radius 3 is 2.76 bits per heavy atom. The molecule has 1 aromatic heterocycles. The maximum atomic E-state index is 12.6. The summed E-state index contributed by atoms with van der Waals surface area (Å²) in [5.41, 5.74) is 3.39. The average Bonchev–Trinajstić information content (AvgIpc) is 2.84. The second-order valence-corrected chi connectivity index (χ2v) is 7.83. The number of rotatable bonds is 4. The molecule has 0 fully saturated rings. The predicted molar refractivity (Wildman–Crippen MR) is 94.0 cm³/mol. The molecule has 0 atom stereocenters. The van der Waals surface area contributed by atoms with Crippen LogP contribution in [-0.4, -0.2) is 25.1 Å². The molecule has 7 nitrogen and oxygen atoms in total. The van der Waals surface area contributed by atoms with E-state index in [1.165, 1.54) is 0 Å². The van der Waals surface area contributed by atoms with Crippen molar-refractivity contribution < 1.29 is 18.0 Å². The van der Waals surface area contributed by atoms with Gasteiger partial charge in [0.05, 0.1) is 5.75 Å². The normalized spacial score (nSPS) is 14.2. The number of primary sulfonamides is 1. The molecule has 1 aliphatic carbocycles. The number of ketones is 1. The lowest BCUT2D eigenvalue weighted by molar-refractivity contribution is 0.0971. The second kappa shape index (κ2) is 6.45. The highest BCUT2D eigenvalue weighted by atomic mass is 32.2. The summed E-state index contributed by atoms with van der Waals surface area (Å²) in [5.74, 6) is -0.613. The van der Waals surface area contributed by atoms with Crippen LogP contribution >= 0.6 is 0 Å². The minimum absolute atomic E-state index is 0.0594. The molecular weight excluding hydrogens is 342 g/mol. The third-order valence-electron chi connectivity index (χ3n) is 4.22. The van der Waals surface area contributed by atoms with Crippen molar-refractivity contribution in [1.82, 2.24) is 4.98 Å². The van der Waals surface area contributed by atoms with Crippen LogP contribution in [0.1, 0.15) is 50.5 Å². The quantitative estimate of drug-likeness (QED) is 0.769. The maximum absolute atomic E-state index is 12.6. The molecule has 4 N–H and O–H groups in total. The monoisotopic (exact) mass is 361 g/mol. The molecule has 0 spiro atoms. The number of fused-ring (bicyclic) bond motifs is 1. The van der Waals surface area contributed by atoms with Crippen LogP contribution in [-0.2, 0) is 22.2 Å². The summed E-state index contributed by atoms with van der Waals surface area (Å²) in [7, 11) is -3.65. The van der Waals surface area contributed by atoms with E-state index in [1.807, 2.05) is 0 Å². The number of anilines is 1. The first-order valence-corrected chi connectivity index (χ1v) is 9.61. The highest BCUT2D eigenvalue weighted by molar-refractivity contribution is 7.88.